The van der Waals surface area contributed by atoms with Gasteiger partial charge in [-0.05, 0) is 43.5 Å². The standard InChI is InChI=1S/C21H32N2O4/c1-7-21(20(25)26)12-17(19(24)22(4)13-14(2)3)18(23(21)5)15-8-10-16(27-6)11-9-15/h8-11,14,17-18H,7,12-13H2,1-6H3,(H,25,26)/t17-,18-,21-/m0/s1. The van der Waals surface area contributed by atoms with Crippen molar-refractivity contribution < 1.29 is 19.4 Å². The van der Waals surface area contributed by atoms with Crippen molar-refractivity contribution in [3.8, 4) is 5.75 Å². The Hall–Kier alpha value is -2.08. The number of hydrogen-bond donors (Lipinski definition) is 1. The topological polar surface area (TPSA) is 70.1 Å². The van der Waals surface area contributed by atoms with Crippen LogP contribution in [0.4, 0.5) is 0 Å². The largest absolute Gasteiger partial charge is 0.497 e. The SMILES string of the molecule is CC[C@@]1(C(=O)O)C[C@H](C(=O)N(C)CC(C)C)[C@H](c2ccc(OC)cc2)N1C. The van der Waals surface area contributed by atoms with E-state index in [1.165, 1.54) is 0 Å². The van der Waals surface area contributed by atoms with Crippen LogP contribution >= 0.6 is 0 Å². The number of carboxylic acids is 1. The zero-order valence-corrected chi connectivity index (χ0v) is 17.2. The first-order valence-corrected chi connectivity index (χ1v) is 9.53. The normalized spacial score (nSPS) is 25.6. The summed E-state index contributed by atoms with van der Waals surface area (Å²) in [5.41, 5.74) is -0.102. The molecule has 1 N–H and O–H groups in total. The van der Waals surface area contributed by atoms with Gasteiger partial charge in [0.25, 0.3) is 0 Å². The Bertz CT molecular complexity index is 673. The van der Waals surface area contributed by atoms with Gasteiger partial charge in [0, 0.05) is 19.6 Å². The van der Waals surface area contributed by atoms with Crippen molar-refractivity contribution in [3.63, 3.8) is 0 Å². The Balaban J connectivity index is 2.45. The number of likely N-dealkylation sites (N-methyl/N-ethyl adjacent to an activating group) is 1. The van der Waals surface area contributed by atoms with Gasteiger partial charge < -0.3 is 14.7 Å². The molecule has 3 atom stereocenters. The van der Waals surface area contributed by atoms with Crippen molar-refractivity contribution in [2.75, 3.05) is 27.7 Å². The number of carbonyl (C=O) groups is 2. The van der Waals surface area contributed by atoms with E-state index in [1.807, 2.05) is 43.1 Å². The predicted molar refractivity (Wildman–Crippen MR) is 105 cm³/mol. The van der Waals surface area contributed by atoms with E-state index in [2.05, 4.69) is 13.8 Å². The van der Waals surface area contributed by atoms with Gasteiger partial charge in [-0.2, -0.15) is 0 Å². The summed E-state index contributed by atoms with van der Waals surface area (Å²) in [6.07, 6.45) is 0.760. The molecule has 6 nitrogen and oxygen atoms in total. The summed E-state index contributed by atoms with van der Waals surface area (Å²) in [5, 5.41) is 9.98. The van der Waals surface area contributed by atoms with Gasteiger partial charge in [0.05, 0.1) is 13.0 Å². The zero-order valence-electron chi connectivity index (χ0n) is 17.2. The van der Waals surface area contributed by atoms with Gasteiger partial charge in [-0.15, -0.1) is 0 Å². The molecular weight excluding hydrogens is 344 g/mol. The molecule has 1 heterocycles. The zero-order chi connectivity index (χ0) is 20.4. The molecule has 0 unspecified atom stereocenters. The number of carbonyl (C=O) groups excluding carboxylic acids is 1. The lowest BCUT2D eigenvalue weighted by atomic mass is 9.86. The summed E-state index contributed by atoms with van der Waals surface area (Å²) >= 11 is 0. The van der Waals surface area contributed by atoms with Gasteiger partial charge in [0.15, 0.2) is 0 Å². The van der Waals surface area contributed by atoms with Crippen molar-refractivity contribution in [2.45, 2.75) is 45.2 Å². The molecule has 1 fully saturated rings. The first-order chi connectivity index (χ1) is 12.7. The van der Waals surface area contributed by atoms with Crippen molar-refractivity contribution in [1.82, 2.24) is 9.80 Å². The number of likely N-dealkylation sites (tertiary alicyclic amines) is 1. The monoisotopic (exact) mass is 376 g/mol. The van der Waals surface area contributed by atoms with E-state index in [-0.39, 0.29) is 11.9 Å². The van der Waals surface area contributed by atoms with Crippen LogP contribution in [0.2, 0.25) is 0 Å². The molecule has 1 aliphatic heterocycles. The second-order valence-electron chi connectivity index (χ2n) is 7.94. The van der Waals surface area contributed by atoms with Crippen LogP contribution in [0.1, 0.15) is 45.2 Å². The highest BCUT2D eigenvalue weighted by molar-refractivity contribution is 5.85. The van der Waals surface area contributed by atoms with Crippen LogP contribution in [-0.2, 0) is 9.59 Å². The molecule has 27 heavy (non-hydrogen) atoms. The molecular formula is C21H32N2O4. The molecule has 2 rings (SSSR count). The summed E-state index contributed by atoms with van der Waals surface area (Å²) in [7, 11) is 5.23. The molecule has 0 radical (unpaired) electrons. The Kier molecular flexibility index (Phi) is 6.52. The smallest absolute Gasteiger partial charge is 0.324 e. The van der Waals surface area contributed by atoms with E-state index in [0.29, 0.717) is 25.3 Å². The summed E-state index contributed by atoms with van der Waals surface area (Å²) in [4.78, 5) is 29.0. The third-order valence-corrected chi connectivity index (χ3v) is 5.80. The molecule has 1 aromatic rings. The Morgan fingerprint density at radius 3 is 2.37 bits per heavy atom. The van der Waals surface area contributed by atoms with Gasteiger partial charge >= 0.3 is 5.97 Å². The van der Waals surface area contributed by atoms with Crippen LogP contribution in [0.15, 0.2) is 24.3 Å². The van der Waals surface area contributed by atoms with E-state index in [4.69, 9.17) is 4.74 Å². The number of carboxylic acid groups (broad SMARTS) is 1. The highest BCUT2D eigenvalue weighted by Crippen LogP contribution is 2.48. The van der Waals surface area contributed by atoms with Crippen molar-refractivity contribution in [3.05, 3.63) is 29.8 Å². The lowest BCUT2D eigenvalue weighted by Gasteiger charge is -2.34. The maximum Gasteiger partial charge on any atom is 0.324 e. The van der Waals surface area contributed by atoms with Crippen LogP contribution in [0.5, 0.6) is 5.75 Å². The lowest BCUT2D eigenvalue weighted by Crippen LogP contribution is -2.48. The van der Waals surface area contributed by atoms with Gasteiger partial charge in [-0.3, -0.25) is 14.5 Å². The number of aliphatic carboxylic acids is 1. The van der Waals surface area contributed by atoms with Gasteiger partial charge in [-0.1, -0.05) is 32.9 Å². The molecule has 150 valence electrons. The van der Waals surface area contributed by atoms with Crippen LogP contribution < -0.4 is 4.74 Å². The van der Waals surface area contributed by atoms with Crippen LogP contribution in [0.25, 0.3) is 0 Å². The molecule has 1 saturated heterocycles. The predicted octanol–water partition coefficient (Wildman–Crippen LogP) is 3.04. The number of amides is 1. The highest BCUT2D eigenvalue weighted by Gasteiger charge is 2.56. The summed E-state index contributed by atoms with van der Waals surface area (Å²) < 4.78 is 5.23. The molecule has 0 spiro atoms. The maximum atomic E-state index is 13.2. The average Bonchev–Trinajstić information content (AvgIpc) is 2.94. The first kappa shape index (κ1) is 21.2. The lowest BCUT2D eigenvalue weighted by molar-refractivity contribution is -0.150. The van der Waals surface area contributed by atoms with Crippen LogP contribution in [0, 0.1) is 11.8 Å². The fourth-order valence-electron chi connectivity index (χ4n) is 4.34. The van der Waals surface area contributed by atoms with E-state index in [0.717, 1.165) is 11.3 Å². The third kappa shape index (κ3) is 3.95. The van der Waals surface area contributed by atoms with Gasteiger partial charge in [-0.25, -0.2) is 0 Å². The quantitative estimate of drug-likeness (QED) is 0.792. The van der Waals surface area contributed by atoms with Crippen LogP contribution in [-0.4, -0.2) is 60.1 Å². The maximum absolute atomic E-state index is 13.2. The molecule has 1 aromatic carbocycles. The van der Waals surface area contributed by atoms with Crippen LogP contribution in [0.3, 0.4) is 0 Å². The molecule has 1 aliphatic rings. The minimum atomic E-state index is -1.04. The Morgan fingerprint density at radius 1 is 1.33 bits per heavy atom. The van der Waals surface area contributed by atoms with E-state index < -0.39 is 17.4 Å². The van der Waals surface area contributed by atoms with Crippen molar-refractivity contribution in [2.24, 2.45) is 11.8 Å². The fraction of sp³-hybridized carbons (Fsp3) is 0.619. The minimum Gasteiger partial charge on any atom is -0.497 e. The van der Waals surface area contributed by atoms with Crippen molar-refractivity contribution >= 4 is 11.9 Å². The highest BCUT2D eigenvalue weighted by atomic mass is 16.5. The van der Waals surface area contributed by atoms with E-state index in [9.17, 15) is 14.7 Å². The number of hydrogen-bond acceptors (Lipinski definition) is 4. The fourth-order valence-corrected chi connectivity index (χ4v) is 4.34. The Morgan fingerprint density at radius 2 is 1.93 bits per heavy atom. The molecule has 0 aliphatic carbocycles. The molecule has 1 amide bonds. The Labute approximate surface area is 162 Å². The van der Waals surface area contributed by atoms with Gasteiger partial charge in [0.1, 0.15) is 11.3 Å². The second kappa shape index (κ2) is 8.30. The van der Waals surface area contributed by atoms with Crippen molar-refractivity contribution in [1.29, 1.82) is 0 Å². The second-order valence-corrected chi connectivity index (χ2v) is 7.94. The summed E-state index contributed by atoms with van der Waals surface area (Å²) in [6, 6.07) is 7.28. The summed E-state index contributed by atoms with van der Waals surface area (Å²) in [6.45, 7) is 6.67. The molecule has 0 saturated carbocycles. The average molecular weight is 376 g/mol. The number of ether oxygens (including phenoxy) is 1. The number of benzene rings is 1. The molecule has 0 aromatic heterocycles. The number of methoxy groups -OCH3 is 1. The van der Waals surface area contributed by atoms with E-state index in [1.54, 1.807) is 19.1 Å². The third-order valence-electron chi connectivity index (χ3n) is 5.80. The van der Waals surface area contributed by atoms with E-state index >= 15 is 0 Å². The minimum absolute atomic E-state index is 0.00735. The first-order valence-electron chi connectivity index (χ1n) is 9.53. The number of nitrogens with zero attached hydrogens (tertiary/aromatic N) is 2. The summed E-state index contributed by atoms with van der Waals surface area (Å²) in [5.74, 6) is -0.170. The van der Waals surface area contributed by atoms with Gasteiger partial charge in [0.2, 0.25) is 5.91 Å². The molecule has 0 bridgehead atoms. The molecule has 6 heteroatoms. The number of rotatable bonds is 7.